The van der Waals surface area contributed by atoms with Gasteiger partial charge in [-0.05, 0) is 42.3 Å². The molecule has 1 aliphatic rings. The van der Waals surface area contributed by atoms with Gasteiger partial charge in [-0.1, -0.05) is 48.5 Å². The summed E-state index contributed by atoms with van der Waals surface area (Å²) >= 11 is 0. The molecule has 1 aromatic heterocycles. The lowest BCUT2D eigenvalue weighted by molar-refractivity contribution is -0.645. The van der Waals surface area contributed by atoms with Crippen LogP contribution in [0.3, 0.4) is 0 Å². The predicted octanol–water partition coefficient (Wildman–Crippen LogP) is 3.84. The van der Waals surface area contributed by atoms with Gasteiger partial charge in [0.25, 0.3) is 0 Å². The Morgan fingerprint density at radius 1 is 1.00 bits per heavy atom. The predicted molar refractivity (Wildman–Crippen MR) is 111 cm³/mol. The van der Waals surface area contributed by atoms with E-state index in [9.17, 15) is 0 Å². The van der Waals surface area contributed by atoms with Gasteiger partial charge in [0, 0.05) is 5.56 Å². The fraction of sp³-hybridized carbons (Fsp3) is 0.167. The van der Waals surface area contributed by atoms with Crippen molar-refractivity contribution in [1.82, 2.24) is 4.57 Å². The van der Waals surface area contributed by atoms with Gasteiger partial charge in [-0.2, -0.15) is 4.57 Å². The maximum Gasteiger partial charge on any atom is 0.249 e. The van der Waals surface area contributed by atoms with Crippen LogP contribution in [0.5, 0.6) is 0 Å². The van der Waals surface area contributed by atoms with Gasteiger partial charge in [-0.3, -0.25) is 0 Å². The molecule has 138 valence electrons. The maximum atomic E-state index is 5.94. The summed E-state index contributed by atoms with van der Waals surface area (Å²) in [6, 6.07) is 27.5. The minimum atomic E-state index is 0.172. The quantitative estimate of drug-likeness (QED) is 0.504. The normalized spacial score (nSPS) is 16.2. The molecule has 1 atom stereocenters. The standard InChI is InChI=1S/C24H22N3O/c1-26-17-27(23-13-6-5-12-22(23)26)21-11-7-10-19(15-21)24-25-20(16-28-24)14-18-8-3-2-4-9-18/h2-13,15,17,20H,14,16H2,1H3/q+1. The van der Waals surface area contributed by atoms with Crippen LogP contribution in [0, 0.1) is 0 Å². The van der Waals surface area contributed by atoms with Crippen LogP contribution in [-0.4, -0.2) is 23.1 Å². The third-order valence-electron chi connectivity index (χ3n) is 5.21. The molecule has 0 N–H and O–H groups in total. The van der Waals surface area contributed by atoms with Crippen molar-refractivity contribution >= 4 is 16.9 Å². The molecule has 0 saturated carbocycles. The lowest BCUT2D eigenvalue weighted by atomic mass is 10.1. The molecule has 1 aliphatic heterocycles. The molecule has 1 unspecified atom stereocenters. The zero-order valence-electron chi connectivity index (χ0n) is 15.8. The second-order valence-electron chi connectivity index (χ2n) is 7.22. The van der Waals surface area contributed by atoms with Gasteiger partial charge in [0.15, 0.2) is 11.0 Å². The Balaban J connectivity index is 1.45. The molecule has 0 bridgehead atoms. The highest BCUT2D eigenvalue weighted by atomic mass is 16.5. The van der Waals surface area contributed by atoms with E-state index in [2.05, 4.69) is 95.3 Å². The third-order valence-corrected chi connectivity index (χ3v) is 5.21. The summed E-state index contributed by atoms with van der Waals surface area (Å²) in [5.74, 6) is 0.739. The average Bonchev–Trinajstić information content (AvgIpc) is 3.34. The average molecular weight is 368 g/mol. The van der Waals surface area contributed by atoms with Crippen molar-refractivity contribution in [3.63, 3.8) is 0 Å². The Kier molecular flexibility index (Phi) is 4.17. The van der Waals surface area contributed by atoms with Crippen LogP contribution in [0.2, 0.25) is 0 Å². The summed E-state index contributed by atoms with van der Waals surface area (Å²) in [7, 11) is 2.07. The Hall–Kier alpha value is -3.40. The smallest absolute Gasteiger partial charge is 0.249 e. The summed E-state index contributed by atoms with van der Waals surface area (Å²) in [6.45, 7) is 0.635. The largest absolute Gasteiger partial charge is 0.475 e. The minimum absolute atomic E-state index is 0.172. The summed E-state index contributed by atoms with van der Waals surface area (Å²) < 4.78 is 10.3. The summed E-state index contributed by atoms with van der Waals surface area (Å²) in [6.07, 6.45) is 3.02. The second kappa shape index (κ2) is 6.97. The van der Waals surface area contributed by atoms with E-state index in [-0.39, 0.29) is 6.04 Å². The molecule has 4 nitrogen and oxygen atoms in total. The number of aromatic nitrogens is 2. The number of aliphatic imine (C=N–C) groups is 1. The van der Waals surface area contributed by atoms with Crippen molar-refractivity contribution in [1.29, 1.82) is 0 Å². The Morgan fingerprint density at radius 2 is 1.82 bits per heavy atom. The van der Waals surface area contributed by atoms with Crippen LogP contribution in [0.15, 0.2) is 90.2 Å². The number of ether oxygens (including phenoxy) is 1. The van der Waals surface area contributed by atoms with Gasteiger partial charge < -0.3 is 4.74 Å². The lowest BCUT2D eigenvalue weighted by Gasteiger charge is -2.04. The fourth-order valence-electron chi connectivity index (χ4n) is 3.82. The van der Waals surface area contributed by atoms with Crippen molar-refractivity contribution < 1.29 is 9.30 Å². The molecule has 0 radical (unpaired) electrons. The molecular weight excluding hydrogens is 346 g/mol. The molecule has 0 spiro atoms. The highest BCUT2D eigenvalue weighted by Gasteiger charge is 2.22. The highest BCUT2D eigenvalue weighted by molar-refractivity contribution is 5.95. The first-order chi connectivity index (χ1) is 13.8. The van der Waals surface area contributed by atoms with Crippen molar-refractivity contribution in [3.05, 3.63) is 96.3 Å². The Labute approximate surface area is 164 Å². The first-order valence-corrected chi connectivity index (χ1v) is 9.59. The van der Waals surface area contributed by atoms with Crippen LogP contribution in [0.4, 0.5) is 0 Å². The van der Waals surface area contributed by atoms with Crippen molar-refractivity contribution in [2.75, 3.05) is 6.61 Å². The van der Waals surface area contributed by atoms with Crippen molar-refractivity contribution in [2.24, 2.45) is 12.0 Å². The lowest BCUT2D eigenvalue weighted by Crippen LogP contribution is -2.25. The van der Waals surface area contributed by atoms with Crippen LogP contribution in [0.25, 0.3) is 16.7 Å². The number of hydrogen-bond donors (Lipinski definition) is 0. The SMILES string of the molecule is C[n+]1cn(-c2cccc(C3=NC(Cc4ccccc4)CO3)c2)c2ccccc21. The van der Waals surface area contributed by atoms with Gasteiger partial charge >= 0.3 is 0 Å². The Morgan fingerprint density at radius 3 is 2.71 bits per heavy atom. The molecule has 4 heteroatoms. The zero-order chi connectivity index (χ0) is 18.9. The van der Waals surface area contributed by atoms with Gasteiger partial charge in [0.1, 0.15) is 12.3 Å². The van der Waals surface area contributed by atoms with Crippen molar-refractivity contribution in [2.45, 2.75) is 12.5 Å². The molecule has 28 heavy (non-hydrogen) atoms. The molecule has 5 rings (SSSR count). The van der Waals surface area contributed by atoms with Gasteiger partial charge in [-0.15, -0.1) is 0 Å². The fourth-order valence-corrected chi connectivity index (χ4v) is 3.82. The zero-order valence-corrected chi connectivity index (χ0v) is 15.8. The molecule has 3 aromatic carbocycles. The molecule has 0 saturated heterocycles. The van der Waals surface area contributed by atoms with E-state index in [4.69, 9.17) is 9.73 Å². The number of nitrogens with zero attached hydrogens (tertiary/aromatic N) is 3. The van der Waals surface area contributed by atoms with E-state index in [1.807, 2.05) is 6.07 Å². The van der Waals surface area contributed by atoms with E-state index < -0.39 is 0 Å². The van der Waals surface area contributed by atoms with Gasteiger partial charge in [-0.25, -0.2) is 9.56 Å². The summed E-state index contributed by atoms with van der Waals surface area (Å²) in [5, 5.41) is 0. The number of rotatable bonds is 4. The number of aryl methyl sites for hydroxylation is 1. The highest BCUT2D eigenvalue weighted by Crippen LogP contribution is 2.21. The van der Waals surface area contributed by atoms with E-state index in [0.29, 0.717) is 6.61 Å². The monoisotopic (exact) mass is 368 g/mol. The Bertz CT molecular complexity index is 1160. The van der Waals surface area contributed by atoms with Gasteiger partial charge in [0.05, 0.1) is 13.1 Å². The van der Waals surface area contributed by atoms with Crippen LogP contribution < -0.4 is 4.57 Å². The van der Waals surface area contributed by atoms with Crippen LogP contribution >= 0.6 is 0 Å². The van der Waals surface area contributed by atoms with E-state index in [1.54, 1.807) is 0 Å². The molecule has 0 amide bonds. The number of fused-ring (bicyclic) bond motifs is 1. The van der Waals surface area contributed by atoms with Crippen LogP contribution in [0.1, 0.15) is 11.1 Å². The topological polar surface area (TPSA) is 30.4 Å². The first-order valence-electron chi connectivity index (χ1n) is 9.59. The number of imidazole rings is 1. The third kappa shape index (κ3) is 3.07. The molecule has 0 fully saturated rings. The van der Waals surface area contributed by atoms with E-state index in [0.717, 1.165) is 23.6 Å². The van der Waals surface area contributed by atoms with Gasteiger partial charge in [0.2, 0.25) is 12.2 Å². The van der Waals surface area contributed by atoms with Crippen LogP contribution in [-0.2, 0) is 18.2 Å². The van der Waals surface area contributed by atoms with E-state index in [1.165, 1.54) is 16.6 Å². The molecular formula is C24H22N3O+. The summed E-state index contributed by atoms with van der Waals surface area (Å²) in [4.78, 5) is 4.84. The number of benzene rings is 3. The molecule has 2 heterocycles. The number of para-hydroxylation sites is 2. The molecule has 0 aliphatic carbocycles. The minimum Gasteiger partial charge on any atom is -0.475 e. The summed E-state index contributed by atoms with van der Waals surface area (Å²) in [5.41, 5.74) is 5.80. The molecule has 4 aromatic rings. The van der Waals surface area contributed by atoms with Crippen molar-refractivity contribution in [3.8, 4) is 5.69 Å². The first kappa shape index (κ1) is 16.8. The number of hydrogen-bond acceptors (Lipinski definition) is 2. The maximum absolute atomic E-state index is 5.94. The van der Waals surface area contributed by atoms with E-state index >= 15 is 0 Å². The second-order valence-corrected chi connectivity index (χ2v) is 7.22.